The summed E-state index contributed by atoms with van der Waals surface area (Å²) in [6.45, 7) is 4.34. The van der Waals surface area contributed by atoms with E-state index in [1.807, 2.05) is 0 Å². The Morgan fingerprint density at radius 2 is 1.73 bits per heavy atom. The van der Waals surface area contributed by atoms with E-state index in [4.69, 9.17) is 28.9 Å². The second-order valence-electron chi connectivity index (χ2n) is 8.56. The molecule has 0 aliphatic carbocycles. The van der Waals surface area contributed by atoms with Crippen LogP contribution in [0.2, 0.25) is 0 Å². The van der Waals surface area contributed by atoms with E-state index in [0.717, 1.165) is 0 Å². The normalized spacial score (nSPS) is 11.4. The maximum Gasteiger partial charge on any atom is 0.408 e. The lowest BCUT2D eigenvalue weighted by Crippen LogP contribution is -2.44. The molecule has 14 heteroatoms. The van der Waals surface area contributed by atoms with Gasteiger partial charge in [-0.1, -0.05) is 0 Å². The number of nitro benzene ring substituents is 1. The van der Waals surface area contributed by atoms with Crippen molar-refractivity contribution in [1.82, 2.24) is 10.6 Å². The van der Waals surface area contributed by atoms with Crippen molar-refractivity contribution in [2.45, 2.75) is 58.3 Å². The predicted molar refractivity (Wildman–Crippen MR) is 128 cm³/mol. The average molecular weight is 525 g/mol. The summed E-state index contributed by atoms with van der Waals surface area (Å²) in [5.74, 6) is -0.371. The first-order valence-electron chi connectivity index (χ1n) is 11.2. The smallest absolute Gasteiger partial charge is 0.408 e. The van der Waals surface area contributed by atoms with Crippen molar-refractivity contribution in [2.24, 2.45) is 0 Å². The fourth-order valence-corrected chi connectivity index (χ4v) is 2.96. The van der Waals surface area contributed by atoms with Gasteiger partial charge < -0.3 is 34.3 Å². The number of carbonyl (C=O) groups is 3. The van der Waals surface area contributed by atoms with Crippen LogP contribution in [-0.2, 0) is 25.6 Å². The van der Waals surface area contributed by atoms with Crippen LogP contribution in [0.15, 0.2) is 12.1 Å². The third-order valence-electron chi connectivity index (χ3n) is 4.58. The Morgan fingerprint density at radius 1 is 1.08 bits per heavy atom. The molecule has 0 bridgehead atoms. The molecular weight excluding hydrogens is 492 g/mol. The monoisotopic (exact) mass is 524 g/mol. The van der Waals surface area contributed by atoms with Crippen molar-refractivity contribution in [3.05, 3.63) is 27.8 Å². The number of nitro groups is 1. The zero-order chi connectivity index (χ0) is 28.0. The number of unbranched alkanes of at least 4 members (excludes halogenated alkanes) is 1. The van der Waals surface area contributed by atoms with Crippen molar-refractivity contribution in [3.8, 4) is 17.6 Å². The molecule has 0 saturated carbocycles. The van der Waals surface area contributed by atoms with Crippen LogP contribution in [-0.4, -0.2) is 62.1 Å². The van der Waals surface area contributed by atoms with Crippen LogP contribution in [0.25, 0.3) is 0 Å². The summed E-state index contributed by atoms with van der Waals surface area (Å²) < 4.78 is 25.2. The predicted octanol–water partition coefficient (Wildman–Crippen LogP) is 2.97. The van der Waals surface area contributed by atoms with E-state index >= 15 is 0 Å². The zero-order valence-electron chi connectivity index (χ0n) is 21.5. The number of hydrogen-bond donors (Lipinski definition) is 2. The van der Waals surface area contributed by atoms with E-state index < -0.39 is 41.3 Å². The molecule has 1 aromatic carbocycles. The molecule has 2 N–H and O–H groups in total. The van der Waals surface area contributed by atoms with E-state index in [2.05, 4.69) is 10.6 Å². The van der Waals surface area contributed by atoms with E-state index in [0.29, 0.717) is 12.8 Å². The van der Waals surface area contributed by atoms with Crippen molar-refractivity contribution in [1.29, 1.82) is 5.26 Å². The summed E-state index contributed by atoms with van der Waals surface area (Å²) in [4.78, 5) is 46.9. The van der Waals surface area contributed by atoms with E-state index in [9.17, 15) is 24.5 Å². The molecule has 0 unspecified atom stereocenters. The second-order valence-corrected chi connectivity index (χ2v) is 8.56. The first-order chi connectivity index (χ1) is 17.4. The number of nitriles is 1. The maximum absolute atomic E-state index is 12.2. The molecule has 0 aliphatic rings. The van der Waals surface area contributed by atoms with Gasteiger partial charge in [0.25, 0.3) is 5.69 Å². The minimum absolute atomic E-state index is 0.116. The molecule has 37 heavy (non-hydrogen) atoms. The number of nitrogens with one attached hydrogen (secondary N) is 2. The summed E-state index contributed by atoms with van der Waals surface area (Å²) in [6.07, 6.45) is -0.649. The van der Waals surface area contributed by atoms with E-state index in [-0.39, 0.29) is 42.3 Å². The standard InChI is InChI=1S/C23H32N4O10/c1-23(2,3)37-22(30)26-16(20(28)35-11-9-24)8-6-7-10-25-21(29)36-14-15-12-18(33-4)19(34-5)13-17(15)27(31)32/h12-13,16H,6-8,10-11,14H2,1-5H3,(H,25,29)(H,26,30)/t16-/m0/s1. The lowest BCUT2D eigenvalue weighted by molar-refractivity contribution is -0.385. The maximum atomic E-state index is 12.2. The van der Waals surface area contributed by atoms with Crippen LogP contribution in [0.3, 0.4) is 0 Å². The molecule has 1 atom stereocenters. The Morgan fingerprint density at radius 3 is 2.30 bits per heavy atom. The van der Waals surface area contributed by atoms with E-state index in [1.165, 1.54) is 26.4 Å². The Balaban J connectivity index is 2.57. The van der Waals surface area contributed by atoms with E-state index in [1.54, 1.807) is 26.8 Å². The molecule has 0 fully saturated rings. The molecule has 1 rings (SSSR count). The molecule has 0 heterocycles. The van der Waals surface area contributed by atoms with Gasteiger partial charge in [0.05, 0.1) is 30.8 Å². The van der Waals surface area contributed by atoms with Gasteiger partial charge in [0.15, 0.2) is 18.1 Å². The Hall–Kier alpha value is -4.28. The quantitative estimate of drug-likeness (QED) is 0.127. The molecule has 14 nitrogen and oxygen atoms in total. The van der Waals surface area contributed by atoms with Crippen LogP contribution < -0.4 is 20.1 Å². The number of alkyl carbamates (subject to hydrolysis) is 2. The molecule has 1 aromatic rings. The van der Waals surface area contributed by atoms with Crippen LogP contribution in [0.5, 0.6) is 11.5 Å². The molecule has 2 amide bonds. The van der Waals surface area contributed by atoms with Crippen LogP contribution in [0.4, 0.5) is 15.3 Å². The summed E-state index contributed by atoms with van der Waals surface area (Å²) in [5, 5.41) is 24.9. The number of ether oxygens (including phenoxy) is 5. The number of esters is 1. The van der Waals surface area contributed by atoms with Gasteiger partial charge in [0.2, 0.25) is 0 Å². The number of methoxy groups -OCH3 is 2. The fraction of sp³-hybridized carbons (Fsp3) is 0.565. The molecule has 0 saturated heterocycles. The van der Waals surface area contributed by atoms with Gasteiger partial charge in [0, 0.05) is 6.54 Å². The highest BCUT2D eigenvalue weighted by Crippen LogP contribution is 2.34. The van der Waals surface area contributed by atoms with Gasteiger partial charge >= 0.3 is 18.2 Å². The molecule has 0 aliphatic heterocycles. The van der Waals surface area contributed by atoms with Crippen molar-refractivity contribution in [3.63, 3.8) is 0 Å². The van der Waals surface area contributed by atoms with Crippen LogP contribution in [0, 0.1) is 21.4 Å². The summed E-state index contributed by atoms with van der Waals surface area (Å²) in [5.41, 5.74) is -0.950. The Bertz CT molecular complexity index is 1000. The first-order valence-corrected chi connectivity index (χ1v) is 11.2. The molecular formula is C23H32N4O10. The number of hydrogen-bond acceptors (Lipinski definition) is 11. The molecule has 0 spiro atoms. The Kier molecular flexibility index (Phi) is 12.4. The highest BCUT2D eigenvalue weighted by molar-refractivity contribution is 5.81. The number of amides is 2. The SMILES string of the molecule is COc1cc(COC(=O)NCCCC[C@H](NC(=O)OC(C)(C)C)C(=O)OCC#N)c([N+](=O)[O-])cc1OC. The Labute approximate surface area is 214 Å². The molecule has 0 aromatic heterocycles. The fourth-order valence-electron chi connectivity index (χ4n) is 2.96. The van der Waals surface area contributed by atoms with Gasteiger partial charge in [-0.15, -0.1) is 0 Å². The van der Waals surface area contributed by atoms with Crippen molar-refractivity contribution in [2.75, 3.05) is 27.4 Å². The lowest BCUT2D eigenvalue weighted by Gasteiger charge is -2.22. The first kappa shape index (κ1) is 30.8. The van der Waals surface area contributed by atoms with Crippen molar-refractivity contribution >= 4 is 23.8 Å². The number of benzene rings is 1. The lowest BCUT2D eigenvalue weighted by atomic mass is 10.1. The second kappa shape index (κ2) is 15.0. The molecule has 0 radical (unpaired) electrons. The average Bonchev–Trinajstić information content (AvgIpc) is 2.83. The summed E-state index contributed by atoms with van der Waals surface area (Å²) >= 11 is 0. The molecule has 204 valence electrons. The van der Waals surface area contributed by atoms with Crippen molar-refractivity contribution < 1.29 is 43.0 Å². The van der Waals surface area contributed by atoms with Gasteiger partial charge in [0.1, 0.15) is 24.3 Å². The number of rotatable bonds is 13. The highest BCUT2D eigenvalue weighted by Gasteiger charge is 2.25. The van der Waals surface area contributed by atoms with Gasteiger partial charge in [-0.2, -0.15) is 5.26 Å². The summed E-state index contributed by atoms with van der Waals surface area (Å²) in [7, 11) is 2.72. The summed E-state index contributed by atoms with van der Waals surface area (Å²) in [6, 6.07) is 3.17. The topological polar surface area (TPSA) is 188 Å². The van der Waals surface area contributed by atoms with Gasteiger partial charge in [-0.25, -0.2) is 14.4 Å². The third kappa shape index (κ3) is 11.3. The van der Waals surface area contributed by atoms with Crippen LogP contribution in [0.1, 0.15) is 45.6 Å². The zero-order valence-corrected chi connectivity index (χ0v) is 21.5. The number of nitrogens with zero attached hydrogens (tertiary/aromatic N) is 2. The largest absolute Gasteiger partial charge is 0.493 e. The highest BCUT2D eigenvalue weighted by atomic mass is 16.6. The number of carbonyl (C=O) groups excluding carboxylic acids is 3. The van der Waals surface area contributed by atoms with Crippen LogP contribution >= 0.6 is 0 Å². The third-order valence-corrected chi connectivity index (χ3v) is 4.58. The minimum Gasteiger partial charge on any atom is -0.493 e. The minimum atomic E-state index is -1.04. The van der Waals surface area contributed by atoms with Gasteiger partial charge in [-0.05, 0) is 46.1 Å². The van der Waals surface area contributed by atoms with Gasteiger partial charge in [-0.3, -0.25) is 10.1 Å².